The number of rotatable bonds is 4. The number of nitrogens with one attached hydrogen (secondary N) is 1. The minimum Gasteiger partial charge on any atom is -0.378 e. The van der Waals surface area contributed by atoms with Crippen LogP contribution in [0.15, 0.2) is 66.7 Å². The Morgan fingerprint density at radius 3 is 2.58 bits per heavy atom. The highest BCUT2D eigenvalue weighted by molar-refractivity contribution is 5.68. The summed E-state index contributed by atoms with van der Waals surface area (Å²) in [5.41, 5.74) is 4.09. The van der Waals surface area contributed by atoms with Crippen molar-refractivity contribution < 1.29 is 4.39 Å². The van der Waals surface area contributed by atoms with Gasteiger partial charge in [-0.05, 0) is 36.4 Å². The molecule has 4 rings (SSSR count). The first-order valence-corrected chi connectivity index (χ1v) is 8.27. The first kappa shape index (κ1) is 16.1. The SMILES string of the molecule is CN(C)c1cccc(-c2cccc3nc(Nc4ccccc4F)nn23)c1. The fraction of sp³-hybridized carbons (Fsp3) is 0.100. The van der Waals surface area contributed by atoms with Gasteiger partial charge < -0.3 is 10.2 Å². The average molecular weight is 347 g/mol. The molecule has 0 bridgehead atoms. The molecule has 0 aliphatic heterocycles. The van der Waals surface area contributed by atoms with Crippen molar-refractivity contribution in [2.45, 2.75) is 0 Å². The molecule has 26 heavy (non-hydrogen) atoms. The molecule has 5 nitrogen and oxygen atoms in total. The normalized spacial score (nSPS) is 10.9. The molecular formula is C20H18FN5. The molecule has 130 valence electrons. The van der Waals surface area contributed by atoms with Crippen molar-refractivity contribution in [1.29, 1.82) is 0 Å². The van der Waals surface area contributed by atoms with E-state index < -0.39 is 0 Å². The molecule has 2 heterocycles. The smallest absolute Gasteiger partial charge is 0.247 e. The van der Waals surface area contributed by atoms with Crippen LogP contribution in [-0.2, 0) is 0 Å². The summed E-state index contributed by atoms with van der Waals surface area (Å²) in [6.07, 6.45) is 0. The Hall–Kier alpha value is -3.41. The average Bonchev–Trinajstić information content (AvgIpc) is 3.06. The number of fused-ring (bicyclic) bond motifs is 1. The van der Waals surface area contributed by atoms with Gasteiger partial charge >= 0.3 is 0 Å². The number of hydrogen-bond acceptors (Lipinski definition) is 4. The van der Waals surface area contributed by atoms with Crippen LogP contribution in [0.2, 0.25) is 0 Å². The molecule has 0 aliphatic rings. The van der Waals surface area contributed by atoms with Gasteiger partial charge in [0, 0.05) is 25.3 Å². The van der Waals surface area contributed by atoms with E-state index in [0.717, 1.165) is 16.9 Å². The van der Waals surface area contributed by atoms with E-state index in [1.165, 1.54) is 6.07 Å². The summed E-state index contributed by atoms with van der Waals surface area (Å²) in [7, 11) is 4.01. The molecule has 0 atom stereocenters. The molecular weight excluding hydrogens is 329 g/mol. The predicted octanol–water partition coefficient (Wildman–Crippen LogP) is 4.35. The minimum atomic E-state index is -0.342. The molecule has 2 aromatic heterocycles. The lowest BCUT2D eigenvalue weighted by atomic mass is 10.1. The first-order valence-electron chi connectivity index (χ1n) is 8.27. The monoisotopic (exact) mass is 347 g/mol. The minimum absolute atomic E-state index is 0.342. The highest BCUT2D eigenvalue weighted by Gasteiger charge is 2.11. The van der Waals surface area contributed by atoms with Crippen LogP contribution in [0.5, 0.6) is 0 Å². The van der Waals surface area contributed by atoms with E-state index >= 15 is 0 Å². The maximum Gasteiger partial charge on any atom is 0.247 e. The van der Waals surface area contributed by atoms with E-state index in [-0.39, 0.29) is 5.82 Å². The molecule has 2 aromatic carbocycles. The molecule has 0 unspecified atom stereocenters. The zero-order valence-corrected chi connectivity index (χ0v) is 14.5. The topological polar surface area (TPSA) is 45.5 Å². The lowest BCUT2D eigenvalue weighted by Crippen LogP contribution is -2.08. The van der Waals surface area contributed by atoms with E-state index in [4.69, 9.17) is 0 Å². The third-order valence-electron chi connectivity index (χ3n) is 4.14. The first-order chi connectivity index (χ1) is 12.6. The third-order valence-corrected chi connectivity index (χ3v) is 4.14. The van der Waals surface area contributed by atoms with Crippen molar-refractivity contribution in [3.05, 3.63) is 72.5 Å². The molecule has 4 aromatic rings. The molecule has 0 radical (unpaired) electrons. The van der Waals surface area contributed by atoms with Crippen molar-refractivity contribution in [3.8, 4) is 11.3 Å². The quantitative estimate of drug-likeness (QED) is 0.596. The summed E-state index contributed by atoms with van der Waals surface area (Å²) in [5.74, 6) is 0.0107. The number of hydrogen-bond donors (Lipinski definition) is 1. The van der Waals surface area contributed by atoms with Gasteiger partial charge in [0.25, 0.3) is 0 Å². The number of halogens is 1. The molecule has 0 aliphatic carbocycles. The number of para-hydroxylation sites is 1. The van der Waals surface area contributed by atoms with Crippen molar-refractivity contribution >= 4 is 23.0 Å². The van der Waals surface area contributed by atoms with Crippen LogP contribution in [0, 0.1) is 5.82 Å². The van der Waals surface area contributed by atoms with E-state index in [0.29, 0.717) is 17.3 Å². The summed E-state index contributed by atoms with van der Waals surface area (Å²) in [6, 6.07) is 20.5. The summed E-state index contributed by atoms with van der Waals surface area (Å²) in [4.78, 5) is 6.51. The van der Waals surface area contributed by atoms with E-state index in [2.05, 4.69) is 32.4 Å². The second-order valence-corrected chi connectivity index (χ2v) is 6.17. The second-order valence-electron chi connectivity index (χ2n) is 6.17. The molecule has 1 N–H and O–H groups in total. The van der Waals surface area contributed by atoms with Gasteiger partial charge in [-0.2, -0.15) is 4.98 Å². The molecule has 0 fully saturated rings. The van der Waals surface area contributed by atoms with Gasteiger partial charge in [-0.25, -0.2) is 8.91 Å². The Kier molecular flexibility index (Phi) is 4.01. The van der Waals surface area contributed by atoms with E-state index in [1.807, 2.05) is 44.4 Å². The Morgan fingerprint density at radius 1 is 0.962 bits per heavy atom. The number of pyridine rings is 1. The Labute approximate surface area is 150 Å². The zero-order chi connectivity index (χ0) is 18.1. The Bertz CT molecular complexity index is 1070. The van der Waals surface area contributed by atoms with Gasteiger partial charge in [-0.1, -0.05) is 30.3 Å². The summed E-state index contributed by atoms with van der Waals surface area (Å²) in [5, 5.41) is 7.46. The van der Waals surface area contributed by atoms with Crippen LogP contribution in [0.4, 0.5) is 21.7 Å². The van der Waals surface area contributed by atoms with Crippen LogP contribution in [0.25, 0.3) is 16.9 Å². The van der Waals surface area contributed by atoms with Crippen LogP contribution in [0.1, 0.15) is 0 Å². The Morgan fingerprint density at radius 2 is 1.77 bits per heavy atom. The molecule has 0 saturated carbocycles. The van der Waals surface area contributed by atoms with Crippen molar-refractivity contribution in [1.82, 2.24) is 14.6 Å². The number of benzene rings is 2. The molecule has 0 spiro atoms. The lowest BCUT2D eigenvalue weighted by molar-refractivity contribution is 0.631. The Balaban J connectivity index is 1.77. The van der Waals surface area contributed by atoms with Gasteiger partial charge in [0.05, 0.1) is 11.4 Å². The van der Waals surface area contributed by atoms with Crippen LogP contribution >= 0.6 is 0 Å². The summed E-state index contributed by atoms with van der Waals surface area (Å²) in [6.45, 7) is 0. The predicted molar refractivity (Wildman–Crippen MR) is 102 cm³/mol. The fourth-order valence-electron chi connectivity index (χ4n) is 2.80. The molecule has 6 heteroatoms. The van der Waals surface area contributed by atoms with E-state index in [1.54, 1.807) is 22.7 Å². The number of nitrogens with zero attached hydrogens (tertiary/aromatic N) is 4. The lowest BCUT2D eigenvalue weighted by Gasteiger charge is -2.13. The van der Waals surface area contributed by atoms with Crippen LogP contribution < -0.4 is 10.2 Å². The highest BCUT2D eigenvalue weighted by Crippen LogP contribution is 2.25. The van der Waals surface area contributed by atoms with Crippen molar-refractivity contribution in [2.24, 2.45) is 0 Å². The maximum atomic E-state index is 13.9. The standard InChI is InChI=1S/C20H18FN5/c1-25(2)15-8-5-7-14(13-15)18-11-6-12-19-23-20(24-26(18)19)22-17-10-4-3-9-16(17)21/h3-13H,1-2H3,(H,22,24). The highest BCUT2D eigenvalue weighted by atomic mass is 19.1. The second kappa shape index (κ2) is 6.48. The summed E-state index contributed by atoms with van der Waals surface area (Å²) < 4.78 is 15.6. The number of aromatic nitrogens is 3. The van der Waals surface area contributed by atoms with Gasteiger partial charge in [0.1, 0.15) is 5.82 Å². The maximum absolute atomic E-state index is 13.9. The van der Waals surface area contributed by atoms with Crippen molar-refractivity contribution in [2.75, 3.05) is 24.3 Å². The van der Waals surface area contributed by atoms with Crippen LogP contribution in [0.3, 0.4) is 0 Å². The number of anilines is 3. The van der Waals surface area contributed by atoms with Gasteiger partial charge in [-0.15, -0.1) is 5.10 Å². The zero-order valence-electron chi connectivity index (χ0n) is 14.5. The van der Waals surface area contributed by atoms with E-state index in [9.17, 15) is 4.39 Å². The molecule has 0 amide bonds. The molecule has 0 saturated heterocycles. The largest absolute Gasteiger partial charge is 0.378 e. The summed E-state index contributed by atoms with van der Waals surface area (Å²) >= 11 is 0. The van der Waals surface area contributed by atoms with Gasteiger partial charge in [-0.3, -0.25) is 0 Å². The van der Waals surface area contributed by atoms with Gasteiger partial charge in [0.2, 0.25) is 5.95 Å². The van der Waals surface area contributed by atoms with Crippen LogP contribution in [-0.4, -0.2) is 28.7 Å². The third kappa shape index (κ3) is 2.97. The van der Waals surface area contributed by atoms with Crippen molar-refractivity contribution in [3.63, 3.8) is 0 Å². The van der Waals surface area contributed by atoms with Gasteiger partial charge in [0.15, 0.2) is 5.65 Å². The fourth-order valence-corrected chi connectivity index (χ4v) is 2.80.